The standard InChI is InChI=1S/C18H22N4O2S/c1-2-15-16(25-21-20-15)18(24)22-10-8-14(9-11-22)17(23)19-12-13-6-4-3-5-7-13/h3-7,14H,2,8-12H2,1H3,(H,19,23). The highest BCUT2D eigenvalue weighted by molar-refractivity contribution is 7.08. The maximum absolute atomic E-state index is 12.6. The van der Waals surface area contributed by atoms with Gasteiger partial charge in [0.25, 0.3) is 5.91 Å². The van der Waals surface area contributed by atoms with Crippen molar-refractivity contribution in [2.24, 2.45) is 5.92 Å². The fourth-order valence-electron chi connectivity index (χ4n) is 3.02. The molecule has 2 aromatic rings. The average Bonchev–Trinajstić information content (AvgIpc) is 3.15. The third-order valence-electron chi connectivity index (χ3n) is 4.55. The molecular weight excluding hydrogens is 336 g/mol. The number of nitrogens with one attached hydrogen (secondary N) is 1. The third-order valence-corrected chi connectivity index (χ3v) is 5.30. The van der Waals surface area contributed by atoms with Gasteiger partial charge in [-0.1, -0.05) is 41.7 Å². The van der Waals surface area contributed by atoms with Crippen LogP contribution in [0.3, 0.4) is 0 Å². The van der Waals surface area contributed by atoms with Gasteiger partial charge in [-0.2, -0.15) is 0 Å². The van der Waals surface area contributed by atoms with Crippen LogP contribution in [0.5, 0.6) is 0 Å². The minimum atomic E-state index is -0.0296. The zero-order chi connectivity index (χ0) is 17.6. The molecule has 1 aromatic carbocycles. The van der Waals surface area contributed by atoms with E-state index in [1.54, 1.807) is 0 Å². The Balaban J connectivity index is 1.49. The van der Waals surface area contributed by atoms with E-state index in [9.17, 15) is 9.59 Å². The molecule has 1 saturated heterocycles. The Morgan fingerprint density at radius 1 is 1.24 bits per heavy atom. The number of piperidine rings is 1. The van der Waals surface area contributed by atoms with E-state index < -0.39 is 0 Å². The summed E-state index contributed by atoms with van der Waals surface area (Å²) in [7, 11) is 0. The molecule has 1 aliphatic heterocycles. The van der Waals surface area contributed by atoms with Crippen LogP contribution in [-0.4, -0.2) is 39.4 Å². The second-order valence-corrected chi connectivity index (χ2v) is 6.93. The van der Waals surface area contributed by atoms with Crippen molar-refractivity contribution in [3.05, 3.63) is 46.5 Å². The Hall–Kier alpha value is -2.28. The average molecular weight is 358 g/mol. The highest BCUT2D eigenvalue weighted by Crippen LogP contribution is 2.21. The molecule has 2 amide bonds. The number of hydrogen-bond donors (Lipinski definition) is 1. The molecule has 0 bridgehead atoms. The second kappa shape index (κ2) is 8.20. The number of aryl methyl sites for hydroxylation is 1. The quantitative estimate of drug-likeness (QED) is 0.890. The van der Waals surface area contributed by atoms with Crippen LogP contribution < -0.4 is 5.32 Å². The monoisotopic (exact) mass is 358 g/mol. The lowest BCUT2D eigenvalue weighted by Gasteiger charge is -2.31. The smallest absolute Gasteiger partial charge is 0.267 e. The topological polar surface area (TPSA) is 75.2 Å². The van der Waals surface area contributed by atoms with Crippen molar-refractivity contribution in [3.63, 3.8) is 0 Å². The van der Waals surface area contributed by atoms with Gasteiger partial charge < -0.3 is 10.2 Å². The molecule has 1 aromatic heterocycles. The van der Waals surface area contributed by atoms with Crippen molar-refractivity contribution in [1.82, 2.24) is 19.8 Å². The minimum absolute atomic E-state index is 0.00464. The summed E-state index contributed by atoms with van der Waals surface area (Å²) in [6.45, 7) is 3.72. The van der Waals surface area contributed by atoms with Gasteiger partial charge >= 0.3 is 0 Å². The van der Waals surface area contributed by atoms with Crippen LogP contribution >= 0.6 is 11.5 Å². The molecule has 0 saturated carbocycles. The third kappa shape index (κ3) is 4.22. The molecule has 3 rings (SSSR count). The van der Waals surface area contributed by atoms with E-state index in [1.165, 1.54) is 0 Å². The van der Waals surface area contributed by atoms with Crippen molar-refractivity contribution < 1.29 is 9.59 Å². The maximum Gasteiger partial charge on any atom is 0.267 e. The summed E-state index contributed by atoms with van der Waals surface area (Å²) in [4.78, 5) is 27.4. The van der Waals surface area contributed by atoms with Gasteiger partial charge in [-0.3, -0.25) is 9.59 Å². The first-order valence-corrected chi connectivity index (χ1v) is 9.38. The van der Waals surface area contributed by atoms with Gasteiger partial charge in [-0.25, -0.2) is 0 Å². The van der Waals surface area contributed by atoms with Crippen molar-refractivity contribution in [2.45, 2.75) is 32.7 Å². The van der Waals surface area contributed by atoms with Crippen LogP contribution in [0.4, 0.5) is 0 Å². The Bertz CT molecular complexity index is 724. The molecule has 132 valence electrons. The molecule has 0 aliphatic carbocycles. The normalized spacial score (nSPS) is 15.2. The summed E-state index contributed by atoms with van der Waals surface area (Å²) in [5, 5.41) is 7.00. The molecule has 2 heterocycles. The van der Waals surface area contributed by atoms with Crippen LogP contribution in [0.15, 0.2) is 30.3 Å². The second-order valence-electron chi connectivity index (χ2n) is 6.17. The number of benzene rings is 1. The molecule has 25 heavy (non-hydrogen) atoms. The van der Waals surface area contributed by atoms with Crippen LogP contribution in [-0.2, 0) is 17.8 Å². The van der Waals surface area contributed by atoms with Gasteiger partial charge in [0.2, 0.25) is 5.91 Å². The first-order chi connectivity index (χ1) is 12.2. The van der Waals surface area contributed by atoms with E-state index in [4.69, 9.17) is 0 Å². The Morgan fingerprint density at radius 2 is 1.96 bits per heavy atom. The van der Waals surface area contributed by atoms with E-state index in [-0.39, 0.29) is 17.7 Å². The number of amides is 2. The number of nitrogens with zero attached hydrogens (tertiary/aromatic N) is 3. The van der Waals surface area contributed by atoms with Gasteiger partial charge in [0, 0.05) is 25.6 Å². The first kappa shape index (κ1) is 17.5. The van der Waals surface area contributed by atoms with Crippen LogP contribution in [0.2, 0.25) is 0 Å². The predicted octanol–water partition coefficient (Wildman–Crippen LogP) is 2.27. The number of carbonyl (C=O) groups is 2. The lowest BCUT2D eigenvalue weighted by molar-refractivity contribution is -0.126. The number of aromatic nitrogens is 2. The number of carbonyl (C=O) groups excluding carboxylic acids is 2. The van der Waals surface area contributed by atoms with Crippen LogP contribution in [0.1, 0.15) is 40.7 Å². The molecule has 7 heteroatoms. The number of hydrogen-bond acceptors (Lipinski definition) is 5. The Labute approximate surface area is 151 Å². The molecule has 0 unspecified atom stereocenters. The molecule has 0 spiro atoms. The predicted molar refractivity (Wildman–Crippen MR) is 96.2 cm³/mol. The lowest BCUT2D eigenvalue weighted by atomic mass is 9.95. The minimum Gasteiger partial charge on any atom is -0.352 e. The van der Waals surface area contributed by atoms with Gasteiger partial charge in [-0.15, -0.1) is 5.10 Å². The van der Waals surface area contributed by atoms with Crippen molar-refractivity contribution in [1.29, 1.82) is 0 Å². The van der Waals surface area contributed by atoms with Crippen molar-refractivity contribution in [3.8, 4) is 0 Å². The van der Waals surface area contributed by atoms with E-state index in [0.29, 0.717) is 43.8 Å². The lowest BCUT2D eigenvalue weighted by Crippen LogP contribution is -2.42. The fraction of sp³-hybridized carbons (Fsp3) is 0.444. The summed E-state index contributed by atoms with van der Waals surface area (Å²) in [5.74, 6) is 0.0395. The van der Waals surface area contributed by atoms with Gasteiger partial charge in [-0.05, 0) is 36.4 Å². The van der Waals surface area contributed by atoms with E-state index in [2.05, 4.69) is 14.9 Å². The Kier molecular flexibility index (Phi) is 5.75. The van der Waals surface area contributed by atoms with Crippen LogP contribution in [0, 0.1) is 5.92 Å². The van der Waals surface area contributed by atoms with Crippen molar-refractivity contribution >= 4 is 23.3 Å². The zero-order valence-corrected chi connectivity index (χ0v) is 15.1. The summed E-state index contributed by atoms with van der Waals surface area (Å²) in [6, 6.07) is 9.88. The number of rotatable bonds is 5. The molecule has 0 atom stereocenters. The largest absolute Gasteiger partial charge is 0.352 e. The summed E-state index contributed by atoms with van der Waals surface area (Å²) >= 11 is 1.16. The first-order valence-electron chi connectivity index (χ1n) is 8.61. The number of likely N-dealkylation sites (tertiary alicyclic amines) is 1. The van der Waals surface area contributed by atoms with E-state index >= 15 is 0 Å². The summed E-state index contributed by atoms with van der Waals surface area (Å²) in [6.07, 6.45) is 2.09. The van der Waals surface area contributed by atoms with Gasteiger partial charge in [0.15, 0.2) is 0 Å². The molecule has 0 radical (unpaired) electrons. The molecule has 1 fully saturated rings. The van der Waals surface area contributed by atoms with E-state index in [0.717, 1.165) is 22.8 Å². The van der Waals surface area contributed by atoms with Crippen molar-refractivity contribution in [2.75, 3.05) is 13.1 Å². The molecule has 1 aliphatic rings. The molecule has 6 nitrogen and oxygen atoms in total. The van der Waals surface area contributed by atoms with E-state index in [1.807, 2.05) is 42.2 Å². The van der Waals surface area contributed by atoms with Gasteiger partial charge in [0.05, 0.1) is 5.69 Å². The summed E-state index contributed by atoms with van der Waals surface area (Å²) < 4.78 is 3.89. The highest BCUT2D eigenvalue weighted by Gasteiger charge is 2.29. The molecule has 1 N–H and O–H groups in total. The highest BCUT2D eigenvalue weighted by atomic mass is 32.1. The fourth-order valence-corrected chi connectivity index (χ4v) is 3.74. The molecular formula is C18H22N4O2S. The Morgan fingerprint density at radius 3 is 2.64 bits per heavy atom. The zero-order valence-electron chi connectivity index (χ0n) is 14.3. The SMILES string of the molecule is CCc1nnsc1C(=O)N1CCC(C(=O)NCc2ccccc2)CC1. The maximum atomic E-state index is 12.6. The van der Waals surface area contributed by atoms with Gasteiger partial charge in [0.1, 0.15) is 4.88 Å². The summed E-state index contributed by atoms with van der Waals surface area (Å²) in [5.41, 5.74) is 1.85. The van der Waals surface area contributed by atoms with Crippen LogP contribution in [0.25, 0.3) is 0 Å².